The third-order valence-electron chi connectivity index (χ3n) is 3.65. The van der Waals surface area contributed by atoms with Crippen molar-refractivity contribution in [3.05, 3.63) is 47.8 Å². The van der Waals surface area contributed by atoms with Gasteiger partial charge >= 0.3 is 16.2 Å². The van der Waals surface area contributed by atoms with Gasteiger partial charge in [-0.05, 0) is 30.7 Å². The van der Waals surface area contributed by atoms with Crippen molar-refractivity contribution in [3.63, 3.8) is 0 Å². The lowest BCUT2D eigenvalue weighted by atomic mass is 10.2. The quantitative estimate of drug-likeness (QED) is 0.630. The molecule has 0 radical (unpaired) electrons. The maximum absolute atomic E-state index is 14.4. The van der Waals surface area contributed by atoms with Crippen LogP contribution in [0.1, 0.15) is 5.56 Å². The van der Waals surface area contributed by atoms with Crippen molar-refractivity contribution < 1.29 is 27.5 Å². The SMILES string of the molecule is Cc1cccc(NC(=O)Nc2cc(O)c(N3CC(=O)NS3(=O)=O)c(F)c2)c1. The van der Waals surface area contributed by atoms with E-state index >= 15 is 0 Å². The second-order valence-corrected chi connectivity index (χ2v) is 7.41. The van der Waals surface area contributed by atoms with Crippen LogP contribution < -0.4 is 19.7 Å². The van der Waals surface area contributed by atoms with Gasteiger partial charge in [0.15, 0.2) is 5.82 Å². The van der Waals surface area contributed by atoms with Crippen LogP contribution in [0.4, 0.5) is 26.2 Å². The molecular formula is C16H15FN4O5S. The van der Waals surface area contributed by atoms with E-state index in [1.165, 1.54) is 0 Å². The molecule has 3 rings (SSSR count). The van der Waals surface area contributed by atoms with Gasteiger partial charge in [0.1, 0.15) is 18.0 Å². The minimum Gasteiger partial charge on any atom is -0.506 e. The normalized spacial score (nSPS) is 15.3. The number of phenolic OH excluding ortho intramolecular Hbond substituents is 1. The van der Waals surface area contributed by atoms with Crippen molar-refractivity contribution in [3.8, 4) is 5.75 Å². The van der Waals surface area contributed by atoms with E-state index in [0.29, 0.717) is 9.99 Å². The summed E-state index contributed by atoms with van der Waals surface area (Å²) in [5.41, 5.74) is 0.658. The molecule has 0 atom stereocenters. The predicted octanol–water partition coefficient (Wildman–Crippen LogP) is 1.66. The van der Waals surface area contributed by atoms with Gasteiger partial charge in [0.2, 0.25) is 0 Å². The lowest BCUT2D eigenvalue weighted by Gasteiger charge is -2.18. The zero-order valence-electron chi connectivity index (χ0n) is 14.0. The van der Waals surface area contributed by atoms with Crippen molar-refractivity contribution in [2.75, 3.05) is 21.5 Å². The lowest BCUT2D eigenvalue weighted by molar-refractivity contribution is -0.117. The largest absolute Gasteiger partial charge is 0.506 e. The molecule has 142 valence electrons. The number of halogens is 1. The molecule has 0 aromatic heterocycles. The number of carbonyl (C=O) groups excluding carboxylic acids is 2. The van der Waals surface area contributed by atoms with Crippen LogP contribution in [0.15, 0.2) is 36.4 Å². The molecule has 1 heterocycles. The second kappa shape index (κ2) is 6.76. The zero-order valence-corrected chi connectivity index (χ0v) is 14.8. The monoisotopic (exact) mass is 394 g/mol. The smallest absolute Gasteiger partial charge is 0.326 e. The molecular weight excluding hydrogens is 379 g/mol. The number of rotatable bonds is 3. The molecule has 3 amide bonds. The first-order chi connectivity index (χ1) is 12.7. The third kappa shape index (κ3) is 3.92. The fourth-order valence-corrected chi connectivity index (χ4v) is 3.74. The number of carbonyl (C=O) groups is 2. The minimum absolute atomic E-state index is 0.102. The number of nitrogens with zero attached hydrogens (tertiary/aromatic N) is 1. The van der Waals surface area contributed by atoms with E-state index in [0.717, 1.165) is 17.7 Å². The highest BCUT2D eigenvalue weighted by Crippen LogP contribution is 2.36. The Bertz CT molecular complexity index is 1020. The number of hydrogen-bond acceptors (Lipinski definition) is 5. The number of urea groups is 1. The van der Waals surface area contributed by atoms with Crippen LogP contribution in [0.3, 0.4) is 0 Å². The van der Waals surface area contributed by atoms with Gasteiger partial charge < -0.3 is 15.7 Å². The molecule has 0 spiro atoms. The van der Waals surface area contributed by atoms with Crippen LogP contribution in [0.25, 0.3) is 0 Å². The Hall–Kier alpha value is -3.34. The number of nitrogens with one attached hydrogen (secondary N) is 3. The first kappa shape index (κ1) is 18.5. The van der Waals surface area contributed by atoms with Crippen LogP contribution in [-0.2, 0) is 15.0 Å². The van der Waals surface area contributed by atoms with Crippen LogP contribution in [0.2, 0.25) is 0 Å². The summed E-state index contributed by atoms with van der Waals surface area (Å²) in [4.78, 5) is 23.3. The van der Waals surface area contributed by atoms with Gasteiger partial charge in [-0.25, -0.2) is 18.2 Å². The molecule has 0 bridgehead atoms. The van der Waals surface area contributed by atoms with Crippen molar-refractivity contribution in [2.24, 2.45) is 0 Å². The fourth-order valence-electron chi connectivity index (χ4n) is 2.57. The molecule has 1 aliphatic heterocycles. The number of amides is 3. The van der Waals surface area contributed by atoms with Gasteiger partial charge in [-0.3, -0.25) is 4.79 Å². The van der Waals surface area contributed by atoms with Crippen molar-refractivity contribution in [1.82, 2.24) is 4.72 Å². The highest BCUT2D eigenvalue weighted by molar-refractivity contribution is 7.92. The summed E-state index contributed by atoms with van der Waals surface area (Å²) in [6, 6.07) is 8.12. The molecule has 9 nitrogen and oxygen atoms in total. The van der Waals surface area contributed by atoms with Gasteiger partial charge in [-0.15, -0.1) is 0 Å². The number of anilines is 3. The fraction of sp³-hybridized carbons (Fsp3) is 0.125. The van der Waals surface area contributed by atoms with Crippen molar-refractivity contribution in [1.29, 1.82) is 0 Å². The predicted molar refractivity (Wildman–Crippen MR) is 96.3 cm³/mol. The first-order valence-electron chi connectivity index (χ1n) is 7.66. The second-order valence-electron chi connectivity index (χ2n) is 5.81. The van der Waals surface area contributed by atoms with E-state index in [9.17, 15) is 27.5 Å². The number of benzene rings is 2. The topological polar surface area (TPSA) is 128 Å². The Balaban J connectivity index is 1.81. The average molecular weight is 394 g/mol. The van der Waals surface area contributed by atoms with E-state index in [2.05, 4.69) is 10.6 Å². The van der Waals surface area contributed by atoms with Crippen molar-refractivity contribution >= 4 is 39.2 Å². The Morgan fingerprint density at radius 3 is 2.52 bits per heavy atom. The summed E-state index contributed by atoms with van der Waals surface area (Å²) in [6.45, 7) is 1.19. The number of aryl methyl sites for hydroxylation is 1. The molecule has 4 N–H and O–H groups in total. The maximum atomic E-state index is 14.4. The lowest BCUT2D eigenvalue weighted by Crippen LogP contribution is -2.30. The van der Waals surface area contributed by atoms with Gasteiger partial charge in [0.05, 0.1) is 0 Å². The average Bonchev–Trinajstić information content (AvgIpc) is 2.79. The van der Waals surface area contributed by atoms with Gasteiger partial charge in [0.25, 0.3) is 5.91 Å². The molecule has 2 aromatic rings. The van der Waals surface area contributed by atoms with Gasteiger partial charge in [-0.2, -0.15) is 8.42 Å². The number of phenols is 1. The van der Waals surface area contributed by atoms with E-state index < -0.39 is 45.9 Å². The Labute approximate surface area is 154 Å². The summed E-state index contributed by atoms with van der Waals surface area (Å²) >= 11 is 0. The highest BCUT2D eigenvalue weighted by Gasteiger charge is 2.37. The first-order valence-corrected chi connectivity index (χ1v) is 9.10. The third-order valence-corrected chi connectivity index (χ3v) is 5.02. The van der Waals surface area contributed by atoms with Crippen LogP contribution in [0, 0.1) is 12.7 Å². The molecule has 1 saturated heterocycles. The molecule has 27 heavy (non-hydrogen) atoms. The summed E-state index contributed by atoms with van der Waals surface area (Å²) in [5.74, 6) is -2.73. The van der Waals surface area contributed by atoms with Crippen LogP contribution in [0.5, 0.6) is 5.75 Å². The molecule has 0 saturated carbocycles. The Morgan fingerprint density at radius 1 is 1.22 bits per heavy atom. The molecule has 11 heteroatoms. The molecule has 0 unspecified atom stereocenters. The van der Waals surface area contributed by atoms with E-state index in [1.807, 2.05) is 13.0 Å². The molecule has 1 fully saturated rings. The summed E-state index contributed by atoms with van der Waals surface area (Å²) in [7, 11) is -4.28. The standard InChI is InChI=1S/C16H15FN4O5S/c1-9-3-2-4-10(5-9)18-16(24)19-11-6-12(17)15(13(22)7-11)21-8-14(23)20-27(21,25)26/h2-7,22H,8H2,1H3,(H,20,23)(H2,18,19,24). The van der Waals surface area contributed by atoms with E-state index in [1.54, 1.807) is 22.9 Å². The van der Waals surface area contributed by atoms with Gasteiger partial charge in [0, 0.05) is 17.4 Å². The van der Waals surface area contributed by atoms with Crippen LogP contribution in [-0.4, -0.2) is 32.0 Å². The van der Waals surface area contributed by atoms with Crippen molar-refractivity contribution in [2.45, 2.75) is 6.92 Å². The Kier molecular flexibility index (Phi) is 4.62. The maximum Gasteiger partial charge on any atom is 0.326 e. The molecule has 1 aliphatic rings. The zero-order chi connectivity index (χ0) is 19.8. The summed E-state index contributed by atoms with van der Waals surface area (Å²) in [6.07, 6.45) is 0. The molecule has 2 aromatic carbocycles. The number of aromatic hydroxyl groups is 1. The minimum atomic E-state index is -4.28. The van der Waals surface area contributed by atoms with Crippen LogP contribution >= 0.6 is 0 Å². The Morgan fingerprint density at radius 2 is 1.93 bits per heavy atom. The molecule has 0 aliphatic carbocycles. The summed E-state index contributed by atoms with van der Waals surface area (Å²) in [5, 5.41) is 14.9. The van der Waals surface area contributed by atoms with E-state index in [-0.39, 0.29) is 5.69 Å². The highest BCUT2D eigenvalue weighted by atomic mass is 32.2. The summed E-state index contributed by atoms with van der Waals surface area (Å²) < 4.78 is 40.1. The van der Waals surface area contributed by atoms with Gasteiger partial charge in [-0.1, -0.05) is 12.1 Å². The van der Waals surface area contributed by atoms with E-state index in [4.69, 9.17) is 0 Å². The number of hydrogen-bond donors (Lipinski definition) is 4.